The summed E-state index contributed by atoms with van der Waals surface area (Å²) in [5, 5.41) is 0. The van der Waals surface area contributed by atoms with Crippen LogP contribution in [-0.4, -0.2) is 25.7 Å². The van der Waals surface area contributed by atoms with Gasteiger partial charge in [0.2, 0.25) is 0 Å². The van der Waals surface area contributed by atoms with Gasteiger partial charge in [-0.3, -0.25) is 0 Å². The van der Waals surface area contributed by atoms with Crippen LogP contribution in [-0.2, 0) is 4.74 Å². The average molecular weight is 265 g/mol. The van der Waals surface area contributed by atoms with E-state index in [1.54, 1.807) is 0 Å². The molecule has 1 unspecified atom stereocenters. The molecule has 1 atom stereocenters. The first-order valence-corrected chi connectivity index (χ1v) is 6.69. The second-order valence-electron chi connectivity index (χ2n) is 4.46. The van der Waals surface area contributed by atoms with Crippen LogP contribution in [0.4, 0.5) is 0 Å². The Bertz CT molecular complexity index is 453. The summed E-state index contributed by atoms with van der Waals surface area (Å²) in [6.07, 6.45) is 1.10. The Morgan fingerprint density at radius 3 is 3.06 bits per heavy atom. The highest BCUT2D eigenvalue weighted by Gasteiger charge is 2.16. The zero-order valence-corrected chi connectivity index (χ0v) is 11.3. The van der Waals surface area contributed by atoms with E-state index in [0.717, 1.165) is 43.1 Å². The van der Waals surface area contributed by atoms with E-state index in [1.807, 2.05) is 25.1 Å². The van der Waals surface area contributed by atoms with Crippen LogP contribution in [0.15, 0.2) is 18.2 Å². The molecule has 1 fully saturated rings. The predicted octanol–water partition coefficient (Wildman–Crippen LogP) is 3.00. The molecule has 0 N–H and O–H groups in total. The molecule has 0 bridgehead atoms. The summed E-state index contributed by atoms with van der Waals surface area (Å²) >= 11 is 5.53. The van der Waals surface area contributed by atoms with Crippen LogP contribution in [0.25, 0.3) is 0 Å². The Morgan fingerprint density at radius 2 is 2.39 bits per heavy atom. The third-order valence-electron chi connectivity index (χ3n) is 2.97. The summed E-state index contributed by atoms with van der Waals surface area (Å²) in [4.78, 5) is 0. The minimum absolute atomic E-state index is 0.360. The molecule has 1 aliphatic rings. The molecule has 0 saturated carbocycles. The maximum atomic E-state index is 5.83. The van der Waals surface area contributed by atoms with Gasteiger partial charge in [-0.2, -0.15) is 0 Å². The number of rotatable bonds is 3. The normalized spacial score (nSPS) is 18.2. The maximum absolute atomic E-state index is 5.83. The first-order chi connectivity index (χ1) is 8.79. The van der Waals surface area contributed by atoms with E-state index in [0.29, 0.717) is 11.8 Å². The Kier molecular flexibility index (Phi) is 4.92. The molecule has 1 aromatic carbocycles. The van der Waals surface area contributed by atoms with Crippen LogP contribution in [0.5, 0.6) is 5.75 Å². The largest absolute Gasteiger partial charge is 0.493 e. The molecule has 3 heteroatoms. The van der Waals surface area contributed by atoms with Gasteiger partial charge in [0.25, 0.3) is 0 Å². The van der Waals surface area contributed by atoms with Crippen molar-refractivity contribution in [2.45, 2.75) is 13.3 Å². The van der Waals surface area contributed by atoms with E-state index < -0.39 is 0 Å². The topological polar surface area (TPSA) is 18.5 Å². The lowest BCUT2D eigenvalue weighted by atomic mass is 10.1. The summed E-state index contributed by atoms with van der Waals surface area (Å²) in [6.45, 7) is 4.44. The third-order valence-corrected chi connectivity index (χ3v) is 3.11. The summed E-state index contributed by atoms with van der Waals surface area (Å²) in [7, 11) is 0. The Balaban J connectivity index is 1.96. The number of aryl methyl sites for hydroxylation is 1. The van der Waals surface area contributed by atoms with Gasteiger partial charge in [-0.25, -0.2) is 0 Å². The fraction of sp³-hybridized carbons (Fsp3) is 0.467. The van der Waals surface area contributed by atoms with Crippen LogP contribution in [0.2, 0.25) is 0 Å². The molecule has 0 aromatic heterocycles. The number of hydrogen-bond acceptors (Lipinski definition) is 2. The van der Waals surface area contributed by atoms with Crippen molar-refractivity contribution >= 4 is 11.6 Å². The lowest BCUT2D eigenvalue weighted by molar-refractivity contribution is 0.167. The van der Waals surface area contributed by atoms with Crippen molar-refractivity contribution in [3.63, 3.8) is 0 Å². The molecule has 2 rings (SSSR count). The fourth-order valence-electron chi connectivity index (χ4n) is 1.95. The highest BCUT2D eigenvalue weighted by Crippen LogP contribution is 2.21. The molecule has 18 heavy (non-hydrogen) atoms. The first-order valence-electron chi connectivity index (χ1n) is 6.15. The molecule has 1 heterocycles. The van der Waals surface area contributed by atoms with Crippen LogP contribution in [0.3, 0.4) is 0 Å². The summed E-state index contributed by atoms with van der Waals surface area (Å²) < 4.78 is 11.2. The van der Waals surface area contributed by atoms with Crippen molar-refractivity contribution in [1.82, 2.24) is 0 Å². The third kappa shape index (κ3) is 3.66. The molecular weight excluding hydrogens is 248 g/mol. The van der Waals surface area contributed by atoms with Crippen molar-refractivity contribution in [1.29, 1.82) is 0 Å². The van der Waals surface area contributed by atoms with Gasteiger partial charge in [-0.1, -0.05) is 11.8 Å². The minimum atomic E-state index is 0.360. The molecule has 1 aromatic rings. The molecule has 1 aliphatic heterocycles. The zero-order chi connectivity index (χ0) is 12.8. The van der Waals surface area contributed by atoms with E-state index in [4.69, 9.17) is 21.1 Å². The summed E-state index contributed by atoms with van der Waals surface area (Å²) in [5.41, 5.74) is 2.08. The minimum Gasteiger partial charge on any atom is -0.493 e. The van der Waals surface area contributed by atoms with Gasteiger partial charge in [-0.15, -0.1) is 11.6 Å². The monoisotopic (exact) mass is 264 g/mol. The quantitative estimate of drug-likeness (QED) is 0.617. The van der Waals surface area contributed by atoms with E-state index in [1.165, 1.54) is 0 Å². The SMILES string of the molecule is Cc1cc(C#CCCl)ccc1OCC1CCOC1. The van der Waals surface area contributed by atoms with Crippen molar-refractivity contribution in [3.8, 4) is 17.6 Å². The van der Waals surface area contributed by atoms with Gasteiger partial charge < -0.3 is 9.47 Å². The molecule has 0 aliphatic carbocycles. The van der Waals surface area contributed by atoms with Crippen LogP contribution < -0.4 is 4.74 Å². The molecule has 0 amide bonds. The van der Waals surface area contributed by atoms with Crippen molar-refractivity contribution in [2.24, 2.45) is 5.92 Å². The Hall–Kier alpha value is -1.17. The van der Waals surface area contributed by atoms with Crippen molar-refractivity contribution in [2.75, 3.05) is 25.7 Å². The number of hydrogen-bond donors (Lipinski definition) is 0. The van der Waals surface area contributed by atoms with Gasteiger partial charge in [0.1, 0.15) is 5.75 Å². The number of halogens is 1. The van der Waals surface area contributed by atoms with Crippen molar-refractivity contribution in [3.05, 3.63) is 29.3 Å². The van der Waals surface area contributed by atoms with Gasteiger partial charge in [0.15, 0.2) is 0 Å². The standard InChI is InChI=1S/C15H17ClO2/c1-12-9-13(3-2-7-16)4-5-15(12)18-11-14-6-8-17-10-14/h4-5,9,14H,6-8,10-11H2,1H3. The molecule has 96 valence electrons. The van der Waals surface area contributed by atoms with Gasteiger partial charge in [0, 0.05) is 18.1 Å². The van der Waals surface area contributed by atoms with E-state index in [-0.39, 0.29) is 0 Å². The molecule has 0 radical (unpaired) electrons. The second kappa shape index (κ2) is 6.68. The fourth-order valence-corrected chi connectivity index (χ4v) is 2.01. The Morgan fingerprint density at radius 1 is 1.50 bits per heavy atom. The second-order valence-corrected chi connectivity index (χ2v) is 4.72. The van der Waals surface area contributed by atoms with Gasteiger partial charge in [0.05, 0.1) is 19.1 Å². The predicted molar refractivity (Wildman–Crippen MR) is 73.2 cm³/mol. The summed E-state index contributed by atoms with van der Waals surface area (Å²) in [5.74, 6) is 7.67. The first kappa shape index (κ1) is 13.3. The summed E-state index contributed by atoms with van der Waals surface area (Å²) in [6, 6.07) is 5.97. The highest BCUT2D eigenvalue weighted by molar-refractivity contribution is 6.19. The van der Waals surface area contributed by atoms with Crippen LogP contribution in [0.1, 0.15) is 17.5 Å². The Labute approximate surface area is 113 Å². The zero-order valence-electron chi connectivity index (χ0n) is 10.5. The number of ether oxygens (including phenoxy) is 2. The van der Waals surface area contributed by atoms with Crippen LogP contribution >= 0.6 is 11.6 Å². The smallest absolute Gasteiger partial charge is 0.122 e. The lowest BCUT2D eigenvalue weighted by Gasteiger charge is -2.12. The van der Waals surface area contributed by atoms with E-state index in [9.17, 15) is 0 Å². The van der Waals surface area contributed by atoms with Crippen LogP contribution in [0, 0.1) is 24.7 Å². The lowest BCUT2D eigenvalue weighted by Crippen LogP contribution is -2.12. The van der Waals surface area contributed by atoms with E-state index >= 15 is 0 Å². The maximum Gasteiger partial charge on any atom is 0.122 e. The number of alkyl halides is 1. The molecule has 0 spiro atoms. The molecule has 2 nitrogen and oxygen atoms in total. The van der Waals surface area contributed by atoms with Gasteiger partial charge >= 0.3 is 0 Å². The number of benzene rings is 1. The van der Waals surface area contributed by atoms with Gasteiger partial charge in [-0.05, 0) is 37.1 Å². The van der Waals surface area contributed by atoms with Crippen molar-refractivity contribution < 1.29 is 9.47 Å². The van der Waals surface area contributed by atoms with E-state index in [2.05, 4.69) is 11.8 Å². The highest BCUT2D eigenvalue weighted by atomic mass is 35.5. The average Bonchev–Trinajstić information content (AvgIpc) is 2.88. The molecular formula is C15H17ClO2. The molecule has 1 saturated heterocycles.